The van der Waals surface area contributed by atoms with Gasteiger partial charge in [-0.2, -0.15) is 0 Å². The maximum atomic E-state index is 11.7. The number of hydrogen-bond donors (Lipinski definition) is 2. The van der Waals surface area contributed by atoms with Crippen LogP contribution in [0.25, 0.3) is 0 Å². The highest BCUT2D eigenvalue weighted by Gasteiger charge is 2.27. The van der Waals surface area contributed by atoms with Crippen molar-refractivity contribution in [3.63, 3.8) is 0 Å². The lowest BCUT2D eigenvalue weighted by Crippen LogP contribution is -2.31. The first kappa shape index (κ1) is 18.4. The summed E-state index contributed by atoms with van der Waals surface area (Å²) in [7, 11) is 1.80. The molecule has 2 N–H and O–H groups in total. The van der Waals surface area contributed by atoms with Crippen LogP contribution in [0.3, 0.4) is 0 Å². The van der Waals surface area contributed by atoms with Crippen LogP contribution in [-0.4, -0.2) is 63.1 Å². The molecule has 9 heteroatoms. The number of carboxylic acid groups (broad SMARTS) is 2. The first-order valence-electron chi connectivity index (χ1n) is 7.88. The van der Waals surface area contributed by atoms with Crippen LogP contribution in [0.2, 0.25) is 0 Å². The van der Waals surface area contributed by atoms with E-state index in [1.807, 2.05) is 0 Å². The molecule has 1 amide bonds. The number of aromatic nitrogens is 2. The fraction of sp³-hybridized carbons (Fsp3) is 0.438. The summed E-state index contributed by atoms with van der Waals surface area (Å²) in [6.45, 7) is 2.67. The lowest BCUT2D eigenvalue weighted by molar-refractivity contribution is -0.134. The maximum absolute atomic E-state index is 11.7. The fourth-order valence-corrected chi connectivity index (χ4v) is 2.60. The number of amides is 1. The number of hydrogen-bond acceptors (Lipinski definition) is 6. The molecule has 134 valence electrons. The molecule has 0 unspecified atom stereocenters. The number of carbonyl (C=O) groups excluding carboxylic acids is 1. The van der Waals surface area contributed by atoms with Crippen LogP contribution < -0.4 is 4.90 Å². The van der Waals surface area contributed by atoms with Crippen LogP contribution in [0.15, 0.2) is 18.3 Å². The van der Waals surface area contributed by atoms with Crippen molar-refractivity contribution in [1.82, 2.24) is 14.9 Å². The van der Waals surface area contributed by atoms with Crippen molar-refractivity contribution in [3.05, 3.63) is 29.6 Å². The number of piperidine rings is 1. The normalized spacial score (nSPS) is 16.4. The monoisotopic (exact) mass is 348 g/mol. The second-order valence-corrected chi connectivity index (χ2v) is 5.75. The predicted octanol–water partition coefficient (Wildman–Crippen LogP) is 0.764. The summed E-state index contributed by atoms with van der Waals surface area (Å²) in [6, 6.07) is 0. The average molecular weight is 348 g/mol. The molecule has 0 aliphatic carbocycles. The molecule has 2 aliphatic rings. The van der Waals surface area contributed by atoms with Crippen molar-refractivity contribution in [2.24, 2.45) is 0 Å². The second kappa shape index (κ2) is 8.22. The molecule has 1 saturated heterocycles. The lowest BCUT2D eigenvalue weighted by atomic mass is 10.1. The summed E-state index contributed by atoms with van der Waals surface area (Å²) in [4.78, 5) is 43.6. The third kappa shape index (κ3) is 5.00. The van der Waals surface area contributed by atoms with Crippen molar-refractivity contribution in [2.45, 2.75) is 25.8 Å². The van der Waals surface area contributed by atoms with Gasteiger partial charge in [-0.05, 0) is 19.3 Å². The van der Waals surface area contributed by atoms with E-state index in [1.54, 1.807) is 18.1 Å². The molecule has 2 aliphatic heterocycles. The standard InChI is InChI=1S/C12H16N4O.C4H4O4/c1-15-8-10-9(11(15)17)7-13-12(14-10)16-5-3-2-4-6-16;5-3(6)1-2-4(7)8/h7H,2-6,8H2,1H3;1-2H,(H,5,6)(H,7,8)/b;2-1-. The van der Waals surface area contributed by atoms with Gasteiger partial charge < -0.3 is 20.0 Å². The number of rotatable bonds is 3. The van der Waals surface area contributed by atoms with Crippen LogP contribution in [0, 0.1) is 0 Å². The maximum Gasteiger partial charge on any atom is 0.328 e. The Morgan fingerprint density at radius 3 is 2.28 bits per heavy atom. The van der Waals surface area contributed by atoms with Crippen LogP contribution in [-0.2, 0) is 16.1 Å². The molecule has 0 saturated carbocycles. The van der Waals surface area contributed by atoms with Crippen molar-refractivity contribution >= 4 is 23.8 Å². The summed E-state index contributed by atoms with van der Waals surface area (Å²) in [5.41, 5.74) is 1.53. The van der Waals surface area contributed by atoms with Crippen LogP contribution in [0.1, 0.15) is 35.3 Å². The van der Waals surface area contributed by atoms with Crippen LogP contribution in [0.4, 0.5) is 5.95 Å². The molecule has 25 heavy (non-hydrogen) atoms. The van der Waals surface area contributed by atoms with Gasteiger partial charge in [-0.15, -0.1) is 0 Å². The molecule has 0 aromatic carbocycles. The summed E-state index contributed by atoms with van der Waals surface area (Å²) >= 11 is 0. The van der Waals surface area contributed by atoms with Gasteiger partial charge in [0.2, 0.25) is 5.95 Å². The first-order chi connectivity index (χ1) is 11.9. The minimum atomic E-state index is -1.26. The number of fused-ring (bicyclic) bond motifs is 1. The molecule has 9 nitrogen and oxygen atoms in total. The number of carboxylic acids is 2. The van der Waals surface area contributed by atoms with E-state index in [0.29, 0.717) is 24.3 Å². The molecule has 0 atom stereocenters. The Labute approximate surface area is 144 Å². The summed E-state index contributed by atoms with van der Waals surface area (Å²) in [6.07, 6.45) is 6.50. The fourth-order valence-electron chi connectivity index (χ4n) is 2.60. The van der Waals surface area contributed by atoms with E-state index >= 15 is 0 Å². The molecular formula is C16H20N4O5. The number of carbonyl (C=O) groups is 3. The third-order valence-electron chi connectivity index (χ3n) is 3.83. The third-order valence-corrected chi connectivity index (χ3v) is 3.83. The highest BCUT2D eigenvalue weighted by atomic mass is 16.4. The van der Waals surface area contributed by atoms with E-state index in [2.05, 4.69) is 14.9 Å². The van der Waals surface area contributed by atoms with E-state index in [1.165, 1.54) is 19.3 Å². The van der Waals surface area contributed by atoms with Gasteiger partial charge in [0.15, 0.2) is 0 Å². The zero-order valence-corrected chi connectivity index (χ0v) is 13.9. The summed E-state index contributed by atoms with van der Waals surface area (Å²) in [5.74, 6) is -1.70. The highest BCUT2D eigenvalue weighted by Crippen LogP contribution is 2.22. The Kier molecular flexibility index (Phi) is 6.04. The van der Waals surface area contributed by atoms with E-state index in [0.717, 1.165) is 24.7 Å². The Bertz CT molecular complexity index is 682. The highest BCUT2D eigenvalue weighted by molar-refractivity contribution is 5.97. The first-order valence-corrected chi connectivity index (χ1v) is 7.88. The predicted molar refractivity (Wildman–Crippen MR) is 88.3 cm³/mol. The van der Waals surface area contributed by atoms with Gasteiger partial charge >= 0.3 is 11.9 Å². The zero-order valence-electron chi connectivity index (χ0n) is 13.9. The lowest BCUT2D eigenvalue weighted by Gasteiger charge is -2.26. The Hall–Kier alpha value is -2.97. The molecule has 0 radical (unpaired) electrons. The van der Waals surface area contributed by atoms with Crippen molar-refractivity contribution in [2.75, 3.05) is 25.0 Å². The van der Waals surface area contributed by atoms with Gasteiger partial charge in [0.05, 0.1) is 17.8 Å². The molecule has 1 aromatic heterocycles. The van der Waals surface area contributed by atoms with E-state index in [4.69, 9.17) is 10.2 Å². The zero-order chi connectivity index (χ0) is 18.4. The van der Waals surface area contributed by atoms with Gasteiger partial charge in [-0.1, -0.05) is 0 Å². The molecule has 3 rings (SSSR count). The van der Waals surface area contributed by atoms with Crippen LogP contribution in [0.5, 0.6) is 0 Å². The van der Waals surface area contributed by atoms with Crippen molar-refractivity contribution in [3.8, 4) is 0 Å². The SMILES string of the molecule is CN1Cc2nc(N3CCCCC3)ncc2C1=O.O=C(O)/C=C\C(=O)O. The van der Waals surface area contributed by atoms with Crippen LogP contribution >= 0.6 is 0 Å². The topological polar surface area (TPSA) is 124 Å². The molecule has 1 fully saturated rings. The Morgan fingerprint density at radius 2 is 1.72 bits per heavy atom. The molecule has 0 bridgehead atoms. The Balaban J connectivity index is 0.000000242. The van der Waals surface area contributed by atoms with Gasteiger partial charge in [0.25, 0.3) is 5.91 Å². The van der Waals surface area contributed by atoms with Gasteiger partial charge in [0.1, 0.15) is 0 Å². The van der Waals surface area contributed by atoms with Gasteiger partial charge in [0, 0.05) is 38.5 Å². The molecule has 3 heterocycles. The number of anilines is 1. The average Bonchev–Trinajstić information content (AvgIpc) is 2.88. The summed E-state index contributed by atoms with van der Waals surface area (Å²) in [5, 5.41) is 15.6. The van der Waals surface area contributed by atoms with Crippen molar-refractivity contribution < 1.29 is 24.6 Å². The second-order valence-electron chi connectivity index (χ2n) is 5.75. The summed E-state index contributed by atoms with van der Waals surface area (Å²) < 4.78 is 0. The molecular weight excluding hydrogens is 328 g/mol. The Morgan fingerprint density at radius 1 is 1.12 bits per heavy atom. The van der Waals surface area contributed by atoms with Crippen molar-refractivity contribution in [1.29, 1.82) is 0 Å². The van der Waals surface area contributed by atoms with E-state index in [9.17, 15) is 14.4 Å². The van der Waals surface area contributed by atoms with Gasteiger partial charge in [-0.25, -0.2) is 19.6 Å². The van der Waals surface area contributed by atoms with E-state index in [-0.39, 0.29) is 5.91 Å². The van der Waals surface area contributed by atoms with E-state index < -0.39 is 11.9 Å². The number of aliphatic carboxylic acids is 2. The van der Waals surface area contributed by atoms with Gasteiger partial charge in [-0.3, -0.25) is 4.79 Å². The largest absolute Gasteiger partial charge is 0.478 e. The smallest absolute Gasteiger partial charge is 0.328 e. The minimum absolute atomic E-state index is 0.0326. The molecule has 1 aromatic rings. The minimum Gasteiger partial charge on any atom is -0.478 e. The number of nitrogens with zero attached hydrogens (tertiary/aromatic N) is 4. The quantitative estimate of drug-likeness (QED) is 0.767. The molecule has 0 spiro atoms.